The van der Waals surface area contributed by atoms with Crippen molar-refractivity contribution in [2.75, 3.05) is 6.61 Å². The van der Waals surface area contributed by atoms with E-state index in [0.717, 1.165) is 6.42 Å². The molecular formula is C9H11BrO2. The van der Waals surface area contributed by atoms with Crippen molar-refractivity contribution < 1.29 is 9.53 Å². The highest BCUT2D eigenvalue weighted by molar-refractivity contribution is 9.12. The van der Waals surface area contributed by atoms with Crippen LogP contribution in [0.4, 0.5) is 0 Å². The second-order valence-electron chi connectivity index (χ2n) is 3.43. The Morgan fingerprint density at radius 3 is 3.00 bits per heavy atom. The van der Waals surface area contributed by atoms with Gasteiger partial charge in [-0.05, 0) is 11.3 Å². The SMILES string of the molecule is CC(=O)OC[C@@]1(C)C[C@@H]1C#CBr. The second kappa shape index (κ2) is 3.49. The summed E-state index contributed by atoms with van der Waals surface area (Å²) >= 11 is 3.05. The molecule has 0 aromatic rings. The third kappa shape index (κ3) is 2.25. The van der Waals surface area contributed by atoms with E-state index in [1.807, 2.05) is 0 Å². The molecule has 0 bridgehead atoms. The van der Waals surface area contributed by atoms with Gasteiger partial charge in [0.25, 0.3) is 0 Å². The molecule has 0 radical (unpaired) electrons. The minimum Gasteiger partial charge on any atom is -0.465 e. The first-order valence-electron chi connectivity index (χ1n) is 3.83. The van der Waals surface area contributed by atoms with Gasteiger partial charge < -0.3 is 4.74 Å². The molecule has 2 nitrogen and oxygen atoms in total. The minimum atomic E-state index is -0.214. The van der Waals surface area contributed by atoms with Crippen LogP contribution >= 0.6 is 15.9 Å². The lowest BCUT2D eigenvalue weighted by molar-refractivity contribution is -0.142. The van der Waals surface area contributed by atoms with Gasteiger partial charge in [0.05, 0.1) is 6.61 Å². The summed E-state index contributed by atoms with van der Waals surface area (Å²) in [6.45, 7) is 4.00. The van der Waals surface area contributed by atoms with Gasteiger partial charge in [0, 0.05) is 34.2 Å². The molecule has 1 saturated carbocycles. The van der Waals surface area contributed by atoms with E-state index >= 15 is 0 Å². The summed E-state index contributed by atoms with van der Waals surface area (Å²) in [7, 11) is 0. The van der Waals surface area contributed by atoms with E-state index in [1.54, 1.807) is 0 Å². The first-order valence-corrected chi connectivity index (χ1v) is 4.62. The first kappa shape index (κ1) is 9.60. The Hall–Kier alpha value is -0.490. The number of hydrogen-bond donors (Lipinski definition) is 0. The van der Waals surface area contributed by atoms with Crippen molar-refractivity contribution in [2.24, 2.45) is 11.3 Å². The fourth-order valence-electron chi connectivity index (χ4n) is 1.12. The van der Waals surface area contributed by atoms with Crippen LogP contribution in [-0.2, 0) is 9.53 Å². The maximum atomic E-state index is 10.5. The lowest BCUT2D eigenvalue weighted by atomic mass is 10.1. The van der Waals surface area contributed by atoms with Crippen LogP contribution in [0.5, 0.6) is 0 Å². The number of esters is 1. The van der Waals surface area contributed by atoms with Gasteiger partial charge in [-0.1, -0.05) is 12.8 Å². The summed E-state index contributed by atoms with van der Waals surface area (Å²) in [5.74, 6) is 3.18. The minimum absolute atomic E-state index is 0.104. The maximum Gasteiger partial charge on any atom is 0.302 e. The van der Waals surface area contributed by atoms with E-state index in [-0.39, 0.29) is 11.4 Å². The summed E-state index contributed by atoms with van der Waals surface area (Å²) in [5.41, 5.74) is 0.104. The monoisotopic (exact) mass is 230 g/mol. The molecule has 1 aliphatic carbocycles. The number of hydrogen-bond acceptors (Lipinski definition) is 2. The molecule has 0 heterocycles. The lowest BCUT2D eigenvalue weighted by Crippen LogP contribution is -2.11. The van der Waals surface area contributed by atoms with Gasteiger partial charge >= 0.3 is 5.97 Å². The molecule has 0 amide bonds. The van der Waals surface area contributed by atoms with Crippen molar-refractivity contribution in [2.45, 2.75) is 20.3 Å². The molecule has 66 valence electrons. The Balaban J connectivity index is 2.33. The lowest BCUT2D eigenvalue weighted by Gasteiger charge is -2.07. The highest BCUT2D eigenvalue weighted by Gasteiger charge is 2.50. The fraction of sp³-hybridized carbons (Fsp3) is 0.667. The van der Waals surface area contributed by atoms with Gasteiger partial charge in [0.1, 0.15) is 0 Å². The molecule has 0 spiro atoms. The molecule has 3 heteroatoms. The van der Waals surface area contributed by atoms with Crippen LogP contribution in [0.25, 0.3) is 0 Å². The highest BCUT2D eigenvalue weighted by Crippen LogP contribution is 2.51. The summed E-state index contributed by atoms with van der Waals surface area (Å²) in [6, 6.07) is 0. The largest absolute Gasteiger partial charge is 0.465 e. The van der Waals surface area contributed by atoms with Crippen molar-refractivity contribution in [1.29, 1.82) is 0 Å². The number of carbonyl (C=O) groups is 1. The molecule has 0 aromatic heterocycles. The van der Waals surface area contributed by atoms with Crippen LogP contribution in [0.15, 0.2) is 0 Å². The van der Waals surface area contributed by atoms with E-state index < -0.39 is 0 Å². The van der Waals surface area contributed by atoms with Crippen molar-refractivity contribution in [3.05, 3.63) is 0 Å². The summed E-state index contributed by atoms with van der Waals surface area (Å²) < 4.78 is 4.92. The summed E-state index contributed by atoms with van der Waals surface area (Å²) in [5, 5.41) is 0. The van der Waals surface area contributed by atoms with E-state index in [1.165, 1.54) is 6.92 Å². The van der Waals surface area contributed by atoms with Crippen molar-refractivity contribution in [3.8, 4) is 10.8 Å². The van der Waals surface area contributed by atoms with Gasteiger partial charge in [0.2, 0.25) is 0 Å². The molecule has 2 atom stereocenters. The van der Waals surface area contributed by atoms with Gasteiger partial charge in [-0.2, -0.15) is 0 Å². The second-order valence-corrected chi connectivity index (χ2v) is 3.83. The Kier molecular flexibility index (Phi) is 2.79. The van der Waals surface area contributed by atoms with Gasteiger partial charge in [-0.25, -0.2) is 0 Å². The molecule has 0 aliphatic heterocycles. The van der Waals surface area contributed by atoms with Crippen LogP contribution in [0.1, 0.15) is 20.3 Å². The number of carbonyl (C=O) groups excluding carboxylic acids is 1. The Labute approximate surface area is 80.8 Å². The molecule has 1 rings (SSSR count). The zero-order chi connectivity index (χ0) is 9.19. The van der Waals surface area contributed by atoms with Crippen molar-refractivity contribution in [1.82, 2.24) is 0 Å². The predicted octanol–water partition coefficient (Wildman–Crippen LogP) is 1.93. The number of halogens is 1. The van der Waals surface area contributed by atoms with Crippen LogP contribution < -0.4 is 0 Å². The predicted molar refractivity (Wildman–Crippen MR) is 49.6 cm³/mol. The normalized spacial score (nSPS) is 31.8. The quantitative estimate of drug-likeness (QED) is 0.536. The summed E-state index contributed by atoms with van der Waals surface area (Å²) in [4.78, 5) is 13.2. The molecule has 0 aromatic carbocycles. The van der Waals surface area contributed by atoms with Crippen LogP contribution in [0, 0.1) is 22.1 Å². The van der Waals surface area contributed by atoms with Crippen LogP contribution in [0.2, 0.25) is 0 Å². The van der Waals surface area contributed by atoms with E-state index in [2.05, 4.69) is 33.6 Å². The molecular weight excluding hydrogens is 220 g/mol. The summed E-state index contributed by atoms with van der Waals surface area (Å²) in [6.07, 6.45) is 1.03. The van der Waals surface area contributed by atoms with Gasteiger partial charge in [0.15, 0.2) is 0 Å². The van der Waals surface area contributed by atoms with Gasteiger partial charge in [-0.3, -0.25) is 4.79 Å². The Morgan fingerprint density at radius 1 is 1.83 bits per heavy atom. The molecule has 1 aliphatic rings. The van der Waals surface area contributed by atoms with E-state index in [0.29, 0.717) is 12.5 Å². The van der Waals surface area contributed by atoms with Gasteiger partial charge in [-0.15, -0.1) is 0 Å². The van der Waals surface area contributed by atoms with E-state index in [9.17, 15) is 4.79 Å². The standard InChI is InChI=1S/C9H11BrO2/c1-7(11)12-6-9(2)5-8(9)3-4-10/h8H,5-6H2,1-2H3/t8-,9+/m0/s1. The average Bonchev–Trinajstić information content (AvgIpc) is 2.60. The van der Waals surface area contributed by atoms with Crippen molar-refractivity contribution >= 4 is 21.9 Å². The Bertz CT molecular complexity index is 251. The maximum absolute atomic E-state index is 10.5. The van der Waals surface area contributed by atoms with Crippen molar-refractivity contribution in [3.63, 3.8) is 0 Å². The molecule has 0 N–H and O–H groups in total. The van der Waals surface area contributed by atoms with Crippen LogP contribution in [0.3, 0.4) is 0 Å². The fourth-order valence-corrected chi connectivity index (χ4v) is 1.40. The number of rotatable bonds is 2. The zero-order valence-corrected chi connectivity index (χ0v) is 8.77. The first-order chi connectivity index (χ1) is 5.58. The Morgan fingerprint density at radius 2 is 2.50 bits per heavy atom. The smallest absolute Gasteiger partial charge is 0.302 e. The third-order valence-electron chi connectivity index (χ3n) is 2.19. The molecule has 12 heavy (non-hydrogen) atoms. The van der Waals surface area contributed by atoms with E-state index in [4.69, 9.17) is 4.74 Å². The molecule has 0 unspecified atom stereocenters. The van der Waals surface area contributed by atoms with Crippen LogP contribution in [-0.4, -0.2) is 12.6 Å². The molecule has 0 saturated heterocycles. The number of ether oxygens (including phenoxy) is 1. The topological polar surface area (TPSA) is 26.3 Å². The average molecular weight is 231 g/mol. The molecule has 1 fully saturated rings. The third-order valence-corrected chi connectivity index (χ3v) is 2.41. The zero-order valence-electron chi connectivity index (χ0n) is 7.19. The highest BCUT2D eigenvalue weighted by atomic mass is 79.9.